The zero-order valence-corrected chi connectivity index (χ0v) is 12.4. The summed E-state index contributed by atoms with van der Waals surface area (Å²) < 4.78 is 0. The molecule has 2 atom stereocenters. The Morgan fingerprint density at radius 1 is 1.43 bits per heavy atom. The molecule has 0 saturated carbocycles. The van der Waals surface area contributed by atoms with E-state index in [9.17, 15) is 14.7 Å². The van der Waals surface area contributed by atoms with E-state index in [1.807, 2.05) is 25.1 Å². The number of hydrogen-bond donors (Lipinski definition) is 2. The summed E-state index contributed by atoms with van der Waals surface area (Å²) in [5, 5.41) is 10.2. The molecule has 1 aliphatic heterocycles. The van der Waals surface area contributed by atoms with Gasteiger partial charge in [0.2, 0.25) is 0 Å². The summed E-state index contributed by atoms with van der Waals surface area (Å²) in [5.74, 6) is -0.710. The van der Waals surface area contributed by atoms with Crippen LogP contribution in [0.2, 0.25) is 0 Å². The Balaban J connectivity index is 2.03. The molecule has 2 aromatic rings. The second-order valence-corrected chi connectivity index (χ2v) is 6.22. The topological polar surface area (TPSA) is 73.4 Å². The fourth-order valence-corrected chi connectivity index (χ4v) is 4.09. The lowest BCUT2D eigenvalue weighted by molar-refractivity contribution is -0.141. The highest BCUT2D eigenvalue weighted by Gasteiger charge is 2.41. The van der Waals surface area contributed by atoms with Gasteiger partial charge in [-0.25, -0.2) is 4.79 Å². The van der Waals surface area contributed by atoms with Crippen LogP contribution in [0.5, 0.6) is 0 Å². The van der Waals surface area contributed by atoms with Crippen molar-refractivity contribution in [2.75, 3.05) is 5.75 Å². The van der Waals surface area contributed by atoms with E-state index in [-0.39, 0.29) is 11.3 Å². The van der Waals surface area contributed by atoms with Gasteiger partial charge >= 0.3 is 5.97 Å². The number of carboxylic acid groups (broad SMARTS) is 1. The lowest BCUT2D eigenvalue weighted by Gasteiger charge is -2.26. The summed E-state index contributed by atoms with van der Waals surface area (Å²) in [6.45, 7) is 1.97. The number of carbonyl (C=O) groups excluding carboxylic acids is 1. The molecule has 0 spiro atoms. The van der Waals surface area contributed by atoms with Gasteiger partial charge in [-0.15, -0.1) is 11.8 Å². The molecule has 21 heavy (non-hydrogen) atoms. The van der Waals surface area contributed by atoms with Gasteiger partial charge in [0, 0.05) is 17.3 Å². The lowest BCUT2D eigenvalue weighted by atomic mass is 10.1. The highest BCUT2D eigenvalue weighted by Crippen LogP contribution is 2.33. The van der Waals surface area contributed by atoms with E-state index in [0.29, 0.717) is 11.3 Å². The van der Waals surface area contributed by atoms with Gasteiger partial charge in [-0.2, -0.15) is 0 Å². The van der Waals surface area contributed by atoms with Crippen LogP contribution in [0.1, 0.15) is 23.7 Å². The molecule has 2 heterocycles. The zero-order valence-electron chi connectivity index (χ0n) is 11.6. The van der Waals surface area contributed by atoms with Crippen LogP contribution >= 0.6 is 11.8 Å². The molecule has 1 saturated heterocycles. The van der Waals surface area contributed by atoms with Crippen LogP contribution in [-0.2, 0) is 4.79 Å². The van der Waals surface area contributed by atoms with E-state index in [1.165, 1.54) is 16.7 Å². The maximum absolute atomic E-state index is 12.9. The molecule has 1 amide bonds. The van der Waals surface area contributed by atoms with Gasteiger partial charge in [0.25, 0.3) is 5.91 Å². The van der Waals surface area contributed by atoms with Gasteiger partial charge in [-0.3, -0.25) is 4.79 Å². The maximum atomic E-state index is 12.9. The average molecular weight is 304 g/mol. The minimum atomic E-state index is -0.939. The number of aromatic nitrogens is 1. The Labute approximate surface area is 126 Å². The molecular formula is C15H16N2O3S. The third-order valence-corrected chi connectivity index (χ3v) is 5.23. The molecule has 1 fully saturated rings. The first-order chi connectivity index (χ1) is 10.1. The quantitative estimate of drug-likeness (QED) is 0.914. The first-order valence-corrected chi connectivity index (χ1v) is 7.91. The highest BCUT2D eigenvalue weighted by atomic mass is 32.2. The minimum absolute atomic E-state index is 0.0798. The van der Waals surface area contributed by atoms with Gasteiger partial charge in [-0.05, 0) is 18.6 Å². The predicted molar refractivity (Wildman–Crippen MR) is 82.4 cm³/mol. The number of para-hydroxylation sites is 1. The molecule has 0 radical (unpaired) electrons. The molecule has 2 N–H and O–H groups in total. The third kappa shape index (κ3) is 2.29. The summed E-state index contributed by atoms with van der Waals surface area (Å²) in [6, 6.07) is 6.64. The zero-order chi connectivity index (χ0) is 15.0. The number of aromatic amines is 1. The Morgan fingerprint density at radius 3 is 2.95 bits per heavy atom. The fourth-order valence-electron chi connectivity index (χ4n) is 2.74. The number of nitrogens with zero attached hydrogens (tertiary/aromatic N) is 1. The van der Waals surface area contributed by atoms with Crippen molar-refractivity contribution in [3.63, 3.8) is 0 Å². The number of aliphatic carboxylic acids is 1. The lowest BCUT2D eigenvalue weighted by Crippen LogP contribution is -2.45. The molecular weight excluding hydrogens is 288 g/mol. The number of fused-ring (bicyclic) bond motifs is 1. The molecule has 0 bridgehead atoms. The number of nitrogens with one attached hydrogen (secondary N) is 1. The van der Waals surface area contributed by atoms with Crippen molar-refractivity contribution in [3.05, 3.63) is 36.0 Å². The highest BCUT2D eigenvalue weighted by molar-refractivity contribution is 8.00. The Kier molecular flexibility index (Phi) is 3.63. The number of H-pyrrole nitrogens is 1. The van der Waals surface area contributed by atoms with Crippen molar-refractivity contribution in [1.29, 1.82) is 0 Å². The molecule has 5 nitrogen and oxygen atoms in total. The smallest absolute Gasteiger partial charge is 0.327 e. The normalized spacial score (nSPS) is 21.9. The molecule has 2 unspecified atom stereocenters. The molecule has 1 aliphatic rings. The Hall–Kier alpha value is -1.95. The van der Waals surface area contributed by atoms with Crippen molar-refractivity contribution >= 4 is 34.5 Å². The summed E-state index contributed by atoms with van der Waals surface area (Å²) in [4.78, 5) is 28.9. The maximum Gasteiger partial charge on any atom is 0.327 e. The van der Waals surface area contributed by atoms with E-state index < -0.39 is 12.0 Å². The van der Waals surface area contributed by atoms with Crippen LogP contribution in [0, 0.1) is 0 Å². The van der Waals surface area contributed by atoms with E-state index >= 15 is 0 Å². The van der Waals surface area contributed by atoms with Crippen LogP contribution in [0.3, 0.4) is 0 Å². The number of benzene rings is 1. The monoisotopic (exact) mass is 304 g/mol. The SMILES string of the molecule is CCC1SCC(C(=O)O)N1C(=O)c1cccc2cc[nH]c12. The van der Waals surface area contributed by atoms with Crippen LogP contribution in [-0.4, -0.2) is 44.0 Å². The first-order valence-electron chi connectivity index (χ1n) is 6.86. The van der Waals surface area contributed by atoms with Crippen LogP contribution in [0.15, 0.2) is 30.5 Å². The standard InChI is InChI=1S/C15H16N2O3S/c1-2-12-17(11(8-21-12)15(19)20)14(18)10-5-3-4-9-6-7-16-13(9)10/h3-7,11-12,16H,2,8H2,1H3,(H,19,20). The predicted octanol–water partition coefficient (Wildman–Crippen LogP) is 2.55. The van der Waals surface area contributed by atoms with Crippen molar-refractivity contribution in [3.8, 4) is 0 Å². The largest absolute Gasteiger partial charge is 0.480 e. The second-order valence-electron chi connectivity index (χ2n) is 5.01. The van der Waals surface area contributed by atoms with E-state index in [4.69, 9.17) is 0 Å². The first kappa shape index (κ1) is 14.0. The number of amides is 1. The average Bonchev–Trinajstić information content (AvgIpc) is 3.11. The van der Waals surface area contributed by atoms with Gasteiger partial charge in [0.05, 0.1) is 16.5 Å². The fraction of sp³-hybridized carbons (Fsp3) is 0.333. The van der Waals surface area contributed by atoms with Crippen LogP contribution < -0.4 is 0 Å². The van der Waals surface area contributed by atoms with Crippen LogP contribution in [0.4, 0.5) is 0 Å². The molecule has 1 aromatic carbocycles. The van der Waals surface area contributed by atoms with Gasteiger partial charge < -0.3 is 15.0 Å². The van der Waals surface area contributed by atoms with Gasteiger partial charge in [0.15, 0.2) is 0 Å². The van der Waals surface area contributed by atoms with E-state index in [1.54, 1.807) is 12.3 Å². The summed E-state index contributed by atoms with van der Waals surface area (Å²) in [5.41, 5.74) is 1.29. The van der Waals surface area contributed by atoms with Crippen molar-refractivity contribution < 1.29 is 14.7 Å². The van der Waals surface area contributed by atoms with Crippen molar-refractivity contribution in [2.24, 2.45) is 0 Å². The summed E-state index contributed by atoms with van der Waals surface area (Å²) in [7, 11) is 0. The second kappa shape index (κ2) is 5.44. The number of hydrogen-bond acceptors (Lipinski definition) is 3. The number of thioether (sulfide) groups is 1. The molecule has 3 rings (SSSR count). The number of carbonyl (C=O) groups is 2. The van der Waals surface area contributed by atoms with Crippen LogP contribution in [0.25, 0.3) is 10.9 Å². The molecule has 0 aliphatic carbocycles. The summed E-state index contributed by atoms with van der Waals surface area (Å²) in [6.07, 6.45) is 2.52. The summed E-state index contributed by atoms with van der Waals surface area (Å²) >= 11 is 1.53. The number of carboxylic acids is 1. The number of rotatable bonds is 3. The molecule has 1 aromatic heterocycles. The minimum Gasteiger partial charge on any atom is -0.480 e. The Bertz CT molecular complexity index is 697. The van der Waals surface area contributed by atoms with Crippen molar-refractivity contribution in [1.82, 2.24) is 9.88 Å². The van der Waals surface area contributed by atoms with E-state index in [0.717, 1.165) is 17.3 Å². The van der Waals surface area contributed by atoms with Crippen molar-refractivity contribution in [2.45, 2.75) is 24.8 Å². The molecule has 6 heteroatoms. The Morgan fingerprint density at radius 2 is 2.24 bits per heavy atom. The molecule has 110 valence electrons. The third-order valence-electron chi connectivity index (χ3n) is 3.78. The van der Waals surface area contributed by atoms with E-state index in [2.05, 4.69) is 4.98 Å². The van der Waals surface area contributed by atoms with Gasteiger partial charge in [-0.1, -0.05) is 19.1 Å². The van der Waals surface area contributed by atoms with Gasteiger partial charge in [0.1, 0.15) is 6.04 Å².